The van der Waals surface area contributed by atoms with E-state index in [0.29, 0.717) is 18.8 Å². The van der Waals surface area contributed by atoms with E-state index in [1.807, 2.05) is 6.07 Å². The smallest absolute Gasteiger partial charge is 0.139 e. The highest BCUT2D eigenvalue weighted by molar-refractivity contribution is 5.84. The molecular formula is C20H31NO2. The lowest BCUT2D eigenvalue weighted by Gasteiger charge is -2.56. The molecule has 1 aromatic rings. The Balaban J connectivity index is 2.15. The van der Waals surface area contributed by atoms with E-state index in [0.717, 1.165) is 19.3 Å². The quantitative estimate of drug-likeness (QED) is 0.778. The van der Waals surface area contributed by atoms with Gasteiger partial charge in [-0.15, -0.1) is 0 Å². The molecule has 1 fully saturated rings. The maximum absolute atomic E-state index is 12.5. The molecule has 1 heterocycles. The standard InChI is InChI=1S/C20H31NO2/c1-6-19(4)15-18(22)16(3)20(5,7-2)21(19)23-14-13-17-11-9-8-10-12-17/h8-12,16H,6-7,13-15H2,1-5H3. The summed E-state index contributed by atoms with van der Waals surface area (Å²) in [5, 5.41) is 2.16. The van der Waals surface area contributed by atoms with E-state index in [1.165, 1.54) is 5.56 Å². The lowest BCUT2D eigenvalue weighted by atomic mass is 9.70. The number of benzene rings is 1. The van der Waals surface area contributed by atoms with Crippen LogP contribution in [-0.4, -0.2) is 28.5 Å². The van der Waals surface area contributed by atoms with Crippen molar-refractivity contribution in [3.05, 3.63) is 35.9 Å². The first kappa shape index (κ1) is 18.2. The first-order chi connectivity index (χ1) is 10.9. The third-order valence-electron chi connectivity index (χ3n) is 5.86. The Bertz CT molecular complexity index is 530. The fourth-order valence-corrected chi connectivity index (χ4v) is 3.66. The number of hydrogen-bond acceptors (Lipinski definition) is 3. The van der Waals surface area contributed by atoms with Gasteiger partial charge >= 0.3 is 0 Å². The number of Topliss-reactive ketones (excluding diaryl/α,β-unsaturated/α-hetero) is 1. The average molecular weight is 317 g/mol. The van der Waals surface area contributed by atoms with Crippen LogP contribution in [0, 0.1) is 5.92 Å². The molecule has 0 saturated carbocycles. The fraction of sp³-hybridized carbons (Fsp3) is 0.650. The molecule has 0 amide bonds. The van der Waals surface area contributed by atoms with Crippen molar-refractivity contribution in [1.82, 2.24) is 5.06 Å². The third kappa shape index (κ3) is 3.51. The van der Waals surface area contributed by atoms with Crippen molar-refractivity contribution < 1.29 is 9.63 Å². The highest BCUT2D eigenvalue weighted by Crippen LogP contribution is 2.43. The Kier molecular flexibility index (Phi) is 5.64. The molecule has 128 valence electrons. The molecule has 3 nitrogen and oxygen atoms in total. The van der Waals surface area contributed by atoms with Gasteiger partial charge in [0, 0.05) is 12.3 Å². The minimum atomic E-state index is -0.239. The lowest BCUT2D eigenvalue weighted by molar-refractivity contribution is -0.294. The zero-order chi connectivity index (χ0) is 17.1. The second-order valence-corrected chi connectivity index (χ2v) is 7.29. The maximum atomic E-state index is 12.5. The molecule has 1 aliphatic rings. The summed E-state index contributed by atoms with van der Waals surface area (Å²) in [5.41, 5.74) is 0.826. The fourth-order valence-electron chi connectivity index (χ4n) is 3.66. The molecule has 0 aromatic heterocycles. The molecule has 0 aliphatic carbocycles. The van der Waals surface area contributed by atoms with Crippen LogP contribution in [0.15, 0.2) is 30.3 Å². The largest absolute Gasteiger partial charge is 0.299 e. The van der Waals surface area contributed by atoms with E-state index in [1.54, 1.807) is 0 Å². The number of carbonyl (C=O) groups is 1. The highest BCUT2D eigenvalue weighted by atomic mass is 16.7. The van der Waals surface area contributed by atoms with E-state index >= 15 is 0 Å². The van der Waals surface area contributed by atoms with Crippen LogP contribution in [0.2, 0.25) is 0 Å². The average Bonchev–Trinajstić information content (AvgIpc) is 2.57. The van der Waals surface area contributed by atoms with Crippen molar-refractivity contribution in [2.24, 2.45) is 5.92 Å². The molecule has 0 N–H and O–H groups in total. The van der Waals surface area contributed by atoms with Gasteiger partial charge in [0.05, 0.1) is 17.7 Å². The van der Waals surface area contributed by atoms with Gasteiger partial charge in [-0.3, -0.25) is 9.63 Å². The summed E-state index contributed by atoms with van der Waals surface area (Å²) < 4.78 is 0. The van der Waals surface area contributed by atoms with Gasteiger partial charge in [-0.2, -0.15) is 5.06 Å². The van der Waals surface area contributed by atoms with Crippen molar-refractivity contribution in [1.29, 1.82) is 0 Å². The molecule has 3 heteroatoms. The highest BCUT2D eigenvalue weighted by Gasteiger charge is 2.53. The minimum absolute atomic E-state index is 0.00357. The number of rotatable bonds is 6. The van der Waals surface area contributed by atoms with Gasteiger partial charge in [-0.1, -0.05) is 51.1 Å². The molecule has 1 aromatic carbocycles. The van der Waals surface area contributed by atoms with Crippen LogP contribution in [0.5, 0.6) is 0 Å². The maximum Gasteiger partial charge on any atom is 0.139 e. The molecule has 3 unspecified atom stereocenters. The molecule has 2 rings (SSSR count). The number of nitrogens with zero attached hydrogens (tertiary/aromatic N) is 1. The van der Waals surface area contributed by atoms with Crippen LogP contribution < -0.4 is 0 Å². The summed E-state index contributed by atoms with van der Waals surface area (Å²) in [6.07, 6.45) is 3.28. The van der Waals surface area contributed by atoms with Crippen molar-refractivity contribution in [2.75, 3.05) is 6.61 Å². The second kappa shape index (κ2) is 7.14. The zero-order valence-electron chi connectivity index (χ0n) is 15.3. The summed E-state index contributed by atoms with van der Waals surface area (Å²) in [7, 11) is 0. The summed E-state index contributed by atoms with van der Waals surface area (Å²) in [6, 6.07) is 10.4. The molecule has 0 bridgehead atoms. The van der Waals surface area contributed by atoms with Crippen LogP contribution in [0.1, 0.15) is 59.4 Å². The predicted octanol–water partition coefficient (Wildman–Crippen LogP) is 4.41. The van der Waals surface area contributed by atoms with Crippen molar-refractivity contribution in [3.8, 4) is 0 Å². The van der Waals surface area contributed by atoms with E-state index in [-0.39, 0.29) is 17.0 Å². The number of piperidine rings is 1. The Hall–Kier alpha value is -1.19. The molecule has 0 spiro atoms. The van der Waals surface area contributed by atoms with Crippen molar-refractivity contribution >= 4 is 5.78 Å². The third-order valence-corrected chi connectivity index (χ3v) is 5.86. The first-order valence-electron chi connectivity index (χ1n) is 8.87. The summed E-state index contributed by atoms with van der Waals surface area (Å²) >= 11 is 0. The Morgan fingerprint density at radius 1 is 1.17 bits per heavy atom. The Morgan fingerprint density at radius 3 is 2.39 bits per heavy atom. The predicted molar refractivity (Wildman–Crippen MR) is 94.1 cm³/mol. The van der Waals surface area contributed by atoms with E-state index < -0.39 is 0 Å². The number of ketones is 1. The van der Waals surface area contributed by atoms with Crippen LogP contribution >= 0.6 is 0 Å². The lowest BCUT2D eigenvalue weighted by Crippen LogP contribution is -2.66. The molecule has 23 heavy (non-hydrogen) atoms. The second-order valence-electron chi connectivity index (χ2n) is 7.29. The summed E-state index contributed by atoms with van der Waals surface area (Å²) in [4.78, 5) is 18.8. The summed E-state index contributed by atoms with van der Waals surface area (Å²) in [5.74, 6) is 0.366. The SMILES string of the molecule is CCC1(C)CC(=O)C(C)C(C)(CC)N1OCCc1ccccc1. The van der Waals surface area contributed by atoms with Gasteiger partial charge in [0.25, 0.3) is 0 Å². The Labute approximate surface area is 141 Å². The van der Waals surface area contributed by atoms with Crippen LogP contribution in [0.4, 0.5) is 0 Å². The number of hydroxylamine groups is 2. The topological polar surface area (TPSA) is 29.5 Å². The van der Waals surface area contributed by atoms with Gasteiger partial charge < -0.3 is 0 Å². The van der Waals surface area contributed by atoms with E-state index in [9.17, 15) is 4.79 Å². The van der Waals surface area contributed by atoms with Crippen molar-refractivity contribution in [2.45, 2.75) is 71.4 Å². The molecule has 1 saturated heterocycles. The minimum Gasteiger partial charge on any atom is -0.299 e. The van der Waals surface area contributed by atoms with Gasteiger partial charge in [0.2, 0.25) is 0 Å². The normalized spacial score (nSPS) is 32.2. The van der Waals surface area contributed by atoms with Crippen LogP contribution in [0.3, 0.4) is 0 Å². The zero-order valence-corrected chi connectivity index (χ0v) is 15.3. The number of carbonyl (C=O) groups excluding carboxylic acids is 1. The molecule has 0 radical (unpaired) electrons. The monoisotopic (exact) mass is 317 g/mol. The van der Waals surface area contributed by atoms with Crippen molar-refractivity contribution in [3.63, 3.8) is 0 Å². The molecule has 1 aliphatic heterocycles. The van der Waals surface area contributed by atoms with Gasteiger partial charge in [-0.25, -0.2) is 0 Å². The number of hydrogen-bond donors (Lipinski definition) is 0. The van der Waals surface area contributed by atoms with E-state index in [4.69, 9.17) is 4.84 Å². The molecular weight excluding hydrogens is 286 g/mol. The van der Waals surface area contributed by atoms with Crippen LogP contribution in [-0.2, 0) is 16.1 Å². The summed E-state index contributed by atoms with van der Waals surface area (Å²) in [6.45, 7) is 11.3. The Morgan fingerprint density at radius 2 is 1.83 bits per heavy atom. The van der Waals surface area contributed by atoms with Gasteiger partial charge in [0.1, 0.15) is 5.78 Å². The van der Waals surface area contributed by atoms with Crippen LogP contribution in [0.25, 0.3) is 0 Å². The van der Waals surface area contributed by atoms with E-state index in [2.05, 4.69) is 63.9 Å². The molecule has 3 atom stereocenters. The van der Waals surface area contributed by atoms with Gasteiger partial charge in [0.15, 0.2) is 0 Å². The first-order valence-corrected chi connectivity index (χ1v) is 8.87. The van der Waals surface area contributed by atoms with Gasteiger partial charge in [-0.05, 0) is 38.7 Å².